The van der Waals surface area contributed by atoms with E-state index in [0.29, 0.717) is 24.3 Å². The maximum atomic E-state index is 12.2. The molecule has 1 heterocycles. The van der Waals surface area contributed by atoms with E-state index in [9.17, 15) is 14.4 Å². The van der Waals surface area contributed by atoms with Crippen LogP contribution in [-0.2, 0) is 9.59 Å². The number of benzene rings is 1. The van der Waals surface area contributed by atoms with Gasteiger partial charge in [0, 0.05) is 23.8 Å². The molecule has 7 heteroatoms. The summed E-state index contributed by atoms with van der Waals surface area (Å²) in [6.45, 7) is 0.654. The summed E-state index contributed by atoms with van der Waals surface area (Å²) in [7, 11) is 0. The molecule has 7 nitrogen and oxygen atoms in total. The van der Waals surface area contributed by atoms with Gasteiger partial charge in [-0.1, -0.05) is 18.9 Å². The minimum absolute atomic E-state index is 0.0398. The minimum atomic E-state index is -0.501. The molecule has 1 saturated heterocycles. The molecule has 4 N–H and O–H groups in total. The fourth-order valence-corrected chi connectivity index (χ4v) is 3.34. The van der Waals surface area contributed by atoms with Crippen LogP contribution < -0.4 is 21.3 Å². The fourth-order valence-electron chi connectivity index (χ4n) is 3.34. The Morgan fingerprint density at radius 2 is 1.72 bits per heavy atom. The zero-order valence-corrected chi connectivity index (χ0v) is 14.1. The number of piperidine rings is 1. The van der Waals surface area contributed by atoms with Gasteiger partial charge in [-0.15, -0.1) is 0 Å². The number of carbonyl (C=O) groups excluding carboxylic acids is 3. The van der Waals surface area contributed by atoms with Gasteiger partial charge in [-0.25, -0.2) is 4.79 Å². The number of urea groups is 1. The quantitative estimate of drug-likeness (QED) is 0.674. The molecule has 3 rings (SSSR count). The maximum Gasteiger partial charge on any atom is 0.319 e. The van der Waals surface area contributed by atoms with E-state index < -0.39 is 12.1 Å². The van der Waals surface area contributed by atoms with Crippen LogP contribution in [0.25, 0.3) is 0 Å². The Hall–Kier alpha value is -2.57. The summed E-state index contributed by atoms with van der Waals surface area (Å²) in [5, 5.41) is 11.0. The van der Waals surface area contributed by atoms with Crippen molar-refractivity contribution < 1.29 is 14.4 Å². The molecule has 134 valence electrons. The SMILES string of the molecule is O=C(Nc1cccc(NC(=O)C2CCCC2)c1)NC1CCCNC1=O. The van der Waals surface area contributed by atoms with Gasteiger partial charge in [-0.05, 0) is 43.9 Å². The molecule has 25 heavy (non-hydrogen) atoms. The highest BCUT2D eigenvalue weighted by molar-refractivity contribution is 5.96. The van der Waals surface area contributed by atoms with E-state index in [-0.39, 0.29) is 17.7 Å². The van der Waals surface area contributed by atoms with Crippen LogP contribution in [0.4, 0.5) is 16.2 Å². The summed E-state index contributed by atoms with van der Waals surface area (Å²) >= 11 is 0. The zero-order valence-electron chi connectivity index (χ0n) is 14.1. The van der Waals surface area contributed by atoms with E-state index in [1.807, 2.05) is 0 Å². The molecule has 4 amide bonds. The Morgan fingerprint density at radius 3 is 2.44 bits per heavy atom. The molecule has 1 atom stereocenters. The average Bonchev–Trinajstić information content (AvgIpc) is 3.12. The fraction of sp³-hybridized carbons (Fsp3) is 0.500. The van der Waals surface area contributed by atoms with Gasteiger partial charge < -0.3 is 21.3 Å². The summed E-state index contributed by atoms with van der Waals surface area (Å²) in [6.07, 6.45) is 5.57. The highest BCUT2D eigenvalue weighted by Crippen LogP contribution is 2.26. The van der Waals surface area contributed by atoms with Crippen LogP contribution in [-0.4, -0.2) is 30.4 Å². The lowest BCUT2D eigenvalue weighted by Crippen LogP contribution is -2.51. The normalized spacial score (nSPS) is 20.6. The molecule has 1 saturated carbocycles. The molecular weight excluding hydrogens is 320 g/mol. The number of carbonyl (C=O) groups is 3. The summed E-state index contributed by atoms with van der Waals surface area (Å²) in [4.78, 5) is 36.0. The van der Waals surface area contributed by atoms with Gasteiger partial charge in [0.15, 0.2) is 0 Å². The second kappa shape index (κ2) is 8.00. The molecule has 2 aliphatic rings. The number of nitrogens with one attached hydrogen (secondary N) is 4. The van der Waals surface area contributed by atoms with Crippen molar-refractivity contribution in [3.8, 4) is 0 Å². The van der Waals surface area contributed by atoms with E-state index in [2.05, 4.69) is 21.3 Å². The predicted octanol–water partition coefficient (Wildman–Crippen LogP) is 2.22. The van der Waals surface area contributed by atoms with Crippen LogP contribution in [0.2, 0.25) is 0 Å². The van der Waals surface area contributed by atoms with E-state index in [1.54, 1.807) is 24.3 Å². The van der Waals surface area contributed by atoms with Crippen LogP contribution in [0, 0.1) is 5.92 Å². The van der Waals surface area contributed by atoms with Gasteiger partial charge >= 0.3 is 6.03 Å². The lowest BCUT2D eigenvalue weighted by Gasteiger charge is -2.22. The smallest absolute Gasteiger partial charge is 0.319 e. The Kier molecular flexibility index (Phi) is 5.53. The molecule has 1 aliphatic carbocycles. The third-order valence-electron chi connectivity index (χ3n) is 4.70. The topological polar surface area (TPSA) is 99.3 Å². The van der Waals surface area contributed by atoms with Gasteiger partial charge in [0.1, 0.15) is 6.04 Å². The Bertz CT molecular complexity index is 655. The predicted molar refractivity (Wildman–Crippen MR) is 95.2 cm³/mol. The highest BCUT2D eigenvalue weighted by atomic mass is 16.2. The molecule has 0 spiro atoms. The monoisotopic (exact) mass is 344 g/mol. The van der Waals surface area contributed by atoms with Crippen molar-refractivity contribution in [1.82, 2.24) is 10.6 Å². The third kappa shape index (κ3) is 4.71. The number of amides is 4. The molecule has 1 aromatic carbocycles. The van der Waals surface area contributed by atoms with Crippen LogP contribution >= 0.6 is 0 Å². The number of rotatable bonds is 4. The molecule has 0 radical (unpaired) electrons. The van der Waals surface area contributed by atoms with Gasteiger partial charge in [0.25, 0.3) is 0 Å². The summed E-state index contributed by atoms with van der Waals surface area (Å²) in [5.74, 6) is -0.0262. The van der Waals surface area contributed by atoms with Crippen molar-refractivity contribution in [2.45, 2.75) is 44.6 Å². The van der Waals surface area contributed by atoms with Gasteiger partial charge in [-0.2, -0.15) is 0 Å². The van der Waals surface area contributed by atoms with Crippen LogP contribution in [0.15, 0.2) is 24.3 Å². The second-order valence-corrected chi connectivity index (χ2v) is 6.64. The summed E-state index contributed by atoms with van der Waals surface area (Å²) in [6, 6.07) is 6.09. The molecule has 1 aliphatic heterocycles. The van der Waals surface area contributed by atoms with Crippen LogP contribution in [0.1, 0.15) is 38.5 Å². The minimum Gasteiger partial charge on any atom is -0.354 e. The van der Waals surface area contributed by atoms with Crippen molar-refractivity contribution in [3.05, 3.63) is 24.3 Å². The van der Waals surface area contributed by atoms with Crippen molar-refractivity contribution in [1.29, 1.82) is 0 Å². The van der Waals surface area contributed by atoms with Crippen molar-refractivity contribution in [2.75, 3.05) is 17.2 Å². The van der Waals surface area contributed by atoms with Crippen LogP contribution in [0.3, 0.4) is 0 Å². The first-order chi connectivity index (χ1) is 12.1. The van der Waals surface area contributed by atoms with E-state index in [1.165, 1.54) is 0 Å². The largest absolute Gasteiger partial charge is 0.354 e. The molecule has 1 aromatic rings. The Balaban J connectivity index is 1.54. The number of anilines is 2. The van der Waals surface area contributed by atoms with E-state index >= 15 is 0 Å². The van der Waals surface area contributed by atoms with Crippen molar-refractivity contribution >= 4 is 29.2 Å². The average molecular weight is 344 g/mol. The first-order valence-electron chi connectivity index (χ1n) is 8.88. The lowest BCUT2D eigenvalue weighted by molar-refractivity contribution is -0.124. The van der Waals surface area contributed by atoms with Gasteiger partial charge in [-0.3, -0.25) is 9.59 Å². The first kappa shape index (κ1) is 17.3. The van der Waals surface area contributed by atoms with E-state index in [0.717, 1.165) is 32.1 Å². The van der Waals surface area contributed by atoms with Crippen LogP contribution in [0.5, 0.6) is 0 Å². The molecular formula is C18H24N4O3. The molecule has 1 unspecified atom stereocenters. The molecule has 0 bridgehead atoms. The van der Waals surface area contributed by atoms with Gasteiger partial charge in [0.2, 0.25) is 11.8 Å². The second-order valence-electron chi connectivity index (χ2n) is 6.64. The van der Waals surface area contributed by atoms with Gasteiger partial charge in [0.05, 0.1) is 0 Å². The number of hydrogen-bond acceptors (Lipinski definition) is 3. The standard InChI is InChI=1S/C18H24N4O3/c23-16(12-5-1-2-6-12)20-13-7-3-8-14(11-13)21-18(25)22-15-9-4-10-19-17(15)24/h3,7-8,11-12,15H,1-2,4-6,9-10H2,(H,19,24)(H,20,23)(H2,21,22,25). The Morgan fingerprint density at radius 1 is 1.00 bits per heavy atom. The molecule has 2 fully saturated rings. The number of hydrogen-bond donors (Lipinski definition) is 4. The highest BCUT2D eigenvalue weighted by Gasteiger charge is 2.24. The maximum absolute atomic E-state index is 12.2. The Labute approximate surface area is 146 Å². The van der Waals surface area contributed by atoms with Crippen molar-refractivity contribution in [2.24, 2.45) is 5.92 Å². The summed E-state index contributed by atoms with van der Waals surface area (Å²) < 4.78 is 0. The van der Waals surface area contributed by atoms with Crippen molar-refractivity contribution in [3.63, 3.8) is 0 Å². The van der Waals surface area contributed by atoms with E-state index in [4.69, 9.17) is 0 Å². The summed E-state index contributed by atoms with van der Waals surface area (Å²) in [5.41, 5.74) is 1.23. The molecule has 0 aromatic heterocycles. The third-order valence-corrected chi connectivity index (χ3v) is 4.70. The first-order valence-corrected chi connectivity index (χ1v) is 8.88. The zero-order chi connectivity index (χ0) is 17.6. The lowest BCUT2D eigenvalue weighted by atomic mass is 10.1.